The normalized spacial score (nSPS) is 16.3. The van der Waals surface area contributed by atoms with Crippen LogP contribution in [-0.4, -0.2) is 76.9 Å². The Bertz CT molecular complexity index is 1430. The van der Waals surface area contributed by atoms with Gasteiger partial charge in [0.05, 0.1) is 9.81 Å². The van der Waals surface area contributed by atoms with Crippen molar-refractivity contribution in [2.45, 2.75) is 25.7 Å². The number of amides is 6. The molecule has 0 aliphatic carbocycles. The van der Waals surface area contributed by atoms with Crippen LogP contribution in [0.3, 0.4) is 0 Å². The van der Waals surface area contributed by atoms with E-state index in [4.69, 9.17) is 24.4 Å². The summed E-state index contributed by atoms with van der Waals surface area (Å²) in [5, 5.41) is 0. The first-order chi connectivity index (χ1) is 21.2. The summed E-state index contributed by atoms with van der Waals surface area (Å²) in [5.74, 6) is -2.83. The van der Waals surface area contributed by atoms with Crippen LogP contribution < -0.4 is 21.7 Å². The molecule has 0 unspecified atom stereocenters. The molecule has 0 radical (unpaired) electrons. The van der Waals surface area contributed by atoms with E-state index in [1.54, 1.807) is 0 Å². The van der Waals surface area contributed by atoms with Crippen molar-refractivity contribution in [1.29, 1.82) is 0 Å². The predicted octanol–water partition coefficient (Wildman–Crippen LogP) is 1.19. The van der Waals surface area contributed by atoms with Gasteiger partial charge in [0.25, 0.3) is 23.6 Å². The standard InChI is InChI=1S/C26H24N8O6S4/c35-17(29-31-21(37)15-5-9-27-10-6-15)3-1-13-33-23(39)19(43-25(33)41)20-24(40)34(26(42)44-20)14-2-4-18(36)30-32-22(38)16-7-11-28-12-8-16/h5-12H,1-4,13-14H2,(H,29,35)(H,30,36)(H,31,37)(H,32,38)/b20-19+. The minimum atomic E-state index is -0.497. The zero-order chi connectivity index (χ0) is 31.6. The van der Waals surface area contributed by atoms with Gasteiger partial charge in [-0.2, -0.15) is 0 Å². The molecule has 0 saturated carbocycles. The summed E-state index contributed by atoms with van der Waals surface area (Å²) in [7, 11) is 0. The van der Waals surface area contributed by atoms with Crippen LogP contribution in [0.5, 0.6) is 0 Å². The fourth-order valence-corrected chi connectivity index (χ4v) is 6.55. The van der Waals surface area contributed by atoms with Crippen molar-refractivity contribution in [3.63, 3.8) is 0 Å². The van der Waals surface area contributed by atoms with E-state index in [-0.39, 0.29) is 57.2 Å². The van der Waals surface area contributed by atoms with Gasteiger partial charge >= 0.3 is 0 Å². The van der Waals surface area contributed by atoms with Crippen molar-refractivity contribution < 1.29 is 28.8 Å². The molecule has 2 aliphatic rings. The molecule has 2 aromatic rings. The van der Waals surface area contributed by atoms with E-state index in [2.05, 4.69) is 31.7 Å². The molecule has 4 rings (SSSR count). The molecular weight excluding hydrogens is 649 g/mol. The number of nitrogens with zero attached hydrogens (tertiary/aromatic N) is 4. The van der Waals surface area contributed by atoms with Crippen LogP contribution in [0.1, 0.15) is 46.4 Å². The molecule has 0 aromatic carbocycles. The van der Waals surface area contributed by atoms with Crippen LogP contribution in [0.4, 0.5) is 0 Å². The SMILES string of the molecule is O=C(CCCN1C(=O)/C(=C2\SC(=S)N(CCCC(=O)NNC(=O)c3ccncc3)C2=O)SC1=S)NNC(=O)c1ccncc1. The van der Waals surface area contributed by atoms with Crippen molar-refractivity contribution in [2.75, 3.05) is 13.1 Å². The second-order valence-corrected chi connectivity index (χ2v) is 12.3. The smallest absolute Gasteiger partial charge is 0.269 e. The van der Waals surface area contributed by atoms with Gasteiger partial charge in [-0.3, -0.25) is 70.2 Å². The van der Waals surface area contributed by atoms with E-state index in [9.17, 15) is 28.8 Å². The van der Waals surface area contributed by atoms with Gasteiger partial charge in [0.2, 0.25) is 11.8 Å². The van der Waals surface area contributed by atoms with Crippen molar-refractivity contribution in [3.8, 4) is 0 Å². The second-order valence-electron chi connectivity index (χ2n) is 8.99. The lowest BCUT2D eigenvalue weighted by Gasteiger charge is -2.15. The number of rotatable bonds is 10. The number of aromatic nitrogens is 2. The van der Waals surface area contributed by atoms with E-state index in [1.165, 1.54) is 58.9 Å². The van der Waals surface area contributed by atoms with E-state index in [0.717, 1.165) is 23.5 Å². The summed E-state index contributed by atoms with van der Waals surface area (Å²) in [5.41, 5.74) is 9.91. The highest BCUT2D eigenvalue weighted by molar-refractivity contribution is 8.29. The van der Waals surface area contributed by atoms with Crippen LogP contribution in [-0.2, 0) is 19.2 Å². The van der Waals surface area contributed by atoms with Crippen LogP contribution in [0.15, 0.2) is 58.9 Å². The predicted molar refractivity (Wildman–Crippen MR) is 169 cm³/mol. The van der Waals surface area contributed by atoms with E-state index in [0.29, 0.717) is 11.1 Å². The van der Waals surface area contributed by atoms with Crippen LogP contribution in [0.2, 0.25) is 0 Å². The van der Waals surface area contributed by atoms with Crippen LogP contribution in [0, 0.1) is 0 Å². The van der Waals surface area contributed by atoms with Gasteiger partial charge in [0, 0.05) is 61.8 Å². The zero-order valence-corrected chi connectivity index (χ0v) is 26.0. The summed E-state index contributed by atoms with van der Waals surface area (Å²) in [6.07, 6.45) is 6.33. The fraction of sp³-hybridized carbons (Fsp3) is 0.231. The highest BCUT2D eigenvalue weighted by Gasteiger charge is 2.41. The van der Waals surface area contributed by atoms with Gasteiger partial charge in [0.15, 0.2) is 0 Å². The number of thioether (sulfide) groups is 2. The fourth-order valence-electron chi connectivity index (χ4n) is 3.78. The maximum Gasteiger partial charge on any atom is 0.269 e. The third-order valence-electron chi connectivity index (χ3n) is 5.99. The van der Waals surface area contributed by atoms with Crippen LogP contribution in [0.25, 0.3) is 0 Å². The minimum absolute atomic E-state index is 0.00608. The lowest BCUT2D eigenvalue weighted by molar-refractivity contribution is -0.125. The van der Waals surface area contributed by atoms with Gasteiger partial charge < -0.3 is 0 Å². The number of pyridine rings is 2. The Balaban J connectivity index is 1.21. The lowest BCUT2D eigenvalue weighted by Crippen LogP contribution is -2.42. The highest BCUT2D eigenvalue weighted by atomic mass is 32.2. The summed E-state index contributed by atoms with van der Waals surface area (Å²) in [6, 6.07) is 5.99. The number of nitrogens with one attached hydrogen (secondary N) is 4. The molecule has 0 atom stereocenters. The Morgan fingerprint density at radius 1 is 0.636 bits per heavy atom. The Labute approximate surface area is 270 Å². The quantitative estimate of drug-likeness (QED) is 0.161. The number of thiocarbonyl (C=S) groups is 2. The maximum atomic E-state index is 13.1. The number of hydrogen-bond acceptors (Lipinski definition) is 12. The monoisotopic (exact) mass is 672 g/mol. The highest BCUT2D eigenvalue weighted by Crippen LogP contribution is 2.42. The first-order valence-corrected chi connectivity index (χ1v) is 15.4. The van der Waals surface area contributed by atoms with Gasteiger partial charge in [-0.15, -0.1) is 0 Å². The molecule has 14 nitrogen and oxygen atoms in total. The Kier molecular flexibility index (Phi) is 11.5. The van der Waals surface area contributed by atoms with E-state index >= 15 is 0 Å². The molecular formula is C26H24N8O6S4. The second kappa shape index (κ2) is 15.5. The topological polar surface area (TPSA) is 183 Å². The maximum absolute atomic E-state index is 13.1. The molecule has 2 aliphatic heterocycles. The number of carbonyl (C=O) groups excluding carboxylic acids is 6. The van der Waals surface area contributed by atoms with Crippen molar-refractivity contribution in [2.24, 2.45) is 0 Å². The van der Waals surface area contributed by atoms with E-state index < -0.39 is 35.4 Å². The number of hydrogen-bond donors (Lipinski definition) is 4. The average Bonchev–Trinajstić information content (AvgIpc) is 3.47. The molecule has 2 fully saturated rings. The summed E-state index contributed by atoms with van der Waals surface area (Å²) in [4.78, 5) is 85.2. The third-order valence-corrected chi connectivity index (χ3v) is 9.02. The molecule has 228 valence electrons. The lowest BCUT2D eigenvalue weighted by atomic mass is 10.2. The van der Waals surface area contributed by atoms with Gasteiger partial charge in [-0.05, 0) is 37.1 Å². The molecule has 2 saturated heterocycles. The molecule has 18 heteroatoms. The molecule has 44 heavy (non-hydrogen) atoms. The first kappa shape index (κ1) is 32.6. The molecule has 4 N–H and O–H groups in total. The molecule has 6 amide bonds. The Morgan fingerprint density at radius 2 is 1.00 bits per heavy atom. The molecule has 4 heterocycles. The largest absolute Gasteiger partial charge is 0.293 e. The van der Waals surface area contributed by atoms with Crippen molar-refractivity contribution >= 4 is 92.0 Å². The van der Waals surface area contributed by atoms with Gasteiger partial charge in [-0.25, -0.2) is 0 Å². The van der Waals surface area contributed by atoms with Gasteiger partial charge in [0.1, 0.15) is 8.64 Å². The third kappa shape index (κ3) is 8.43. The molecule has 0 spiro atoms. The summed E-state index contributed by atoms with van der Waals surface area (Å²) < 4.78 is 0.485. The Morgan fingerprint density at radius 3 is 1.36 bits per heavy atom. The zero-order valence-electron chi connectivity index (χ0n) is 22.7. The number of carbonyl (C=O) groups is 6. The van der Waals surface area contributed by atoms with E-state index in [1.807, 2.05) is 0 Å². The summed E-state index contributed by atoms with van der Waals surface area (Å²) >= 11 is 12.7. The van der Waals surface area contributed by atoms with Crippen LogP contribution >= 0.6 is 48.0 Å². The minimum Gasteiger partial charge on any atom is -0.293 e. The Hall–Kier alpha value is -4.26. The summed E-state index contributed by atoms with van der Waals surface area (Å²) in [6.45, 7) is 0.264. The first-order valence-electron chi connectivity index (χ1n) is 13.0. The van der Waals surface area contributed by atoms with Crippen molar-refractivity contribution in [1.82, 2.24) is 41.5 Å². The van der Waals surface area contributed by atoms with Crippen molar-refractivity contribution in [3.05, 3.63) is 70.0 Å². The molecule has 2 aromatic heterocycles. The molecule has 0 bridgehead atoms. The average molecular weight is 673 g/mol. The van der Waals surface area contributed by atoms with Gasteiger partial charge in [-0.1, -0.05) is 48.0 Å². The number of hydrazine groups is 2.